The second-order valence-corrected chi connectivity index (χ2v) is 6.47. The molecule has 1 aliphatic carbocycles. The minimum absolute atomic E-state index is 0.0179. The summed E-state index contributed by atoms with van der Waals surface area (Å²) in [5, 5.41) is 2.90. The summed E-state index contributed by atoms with van der Waals surface area (Å²) in [4.78, 5) is 25.5. The number of hydrogen-bond acceptors (Lipinski definition) is 3. The number of carbonyl (C=O) groups is 2. The largest absolute Gasteiger partial charge is 0.466 e. The van der Waals surface area contributed by atoms with E-state index in [-0.39, 0.29) is 24.3 Å². The Hall–Kier alpha value is -1.88. The first-order chi connectivity index (χ1) is 11.2. The molecule has 1 aromatic carbocycles. The van der Waals surface area contributed by atoms with Gasteiger partial charge >= 0.3 is 5.97 Å². The van der Waals surface area contributed by atoms with Crippen molar-refractivity contribution in [2.75, 3.05) is 19.7 Å². The van der Waals surface area contributed by atoms with Crippen LogP contribution in [0.1, 0.15) is 30.9 Å². The fraction of sp³-hybridized carbons (Fsp3) is 0.556. The summed E-state index contributed by atoms with van der Waals surface area (Å²) in [7, 11) is 0. The van der Waals surface area contributed by atoms with Crippen molar-refractivity contribution >= 4 is 11.9 Å². The minimum Gasteiger partial charge on any atom is -0.466 e. The lowest BCUT2D eigenvalue weighted by Crippen LogP contribution is -3.22. The molecule has 0 bridgehead atoms. The van der Waals surface area contributed by atoms with E-state index in [1.807, 2.05) is 6.92 Å². The smallest absolute Gasteiger partial charge is 0.312 e. The number of carbonyl (C=O) groups excluding carboxylic acids is 2. The molecule has 3 rings (SSSR count). The zero-order valence-corrected chi connectivity index (χ0v) is 13.6. The monoisotopic (exact) mass is 317 g/mol. The topological polar surface area (TPSA) is 59.8 Å². The highest BCUT2D eigenvalue weighted by Gasteiger charge is 2.41. The van der Waals surface area contributed by atoms with Crippen molar-refractivity contribution in [1.29, 1.82) is 0 Å². The maximum absolute atomic E-state index is 12.3. The van der Waals surface area contributed by atoms with Gasteiger partial charge in [-0.15, -0.1) is 0 Å². The lowest BCUT2D eigenvalue weighted by atomic mass is 10.0. The van der Waals surface area contributed by atoms with Gasteiger partial charge in [0.25, 0.3) is 5.91 Å². The van der Waals surface area contributed by atoms with E-state index >= 15 is 0 Å². The van der Waals surface area contributed by atoms with E-state index in [1.165, 1.54) is 16.0 Å². The van der Waals surface area contributed by atoms with Gasteiger partial charge < -0.3 is 15.0 Å². The number of fused-ring (bicyclic) bond motifs is 1. The molecule has 2 atom stereocenters. The van der Waals surface area contributed by atoms with E-state index in [2.05, 4.69) is 29.6 Å². The molecule has 0 radical (unpaired) electrons. The molecule has 5 heteroatoms. The average molecular weight is 317 g/mol. The summed E-state index contributed by atoms with van der Waals surface area (Å²) < 4.78 is 5.18. The van der Waals surface area contributed by atoms with Crippen molar-refractivity contribution < 1.29 is 19.2 Å². The molecule has 2 N–H and O–H groups in total. The third kappa shape index (κ3) is 3.55. The maximum Gasteiger partial charge on any atom is 0.312 e. The number of nitrogens with one attached hydrogen (secondary N) is 2. The summed E-state index contributed by atoms with van der Waals surface area (Å²) in [5.74, 6) is -0.280. The van der Waals surface area contributed by atoms with Crippen molar-refractivity contribution in [1.82, 2.24) is 5.32 Å². The van der Waals surface area contributed by atoms with E-state index in [0.717, 1.165) is 25.8 Å². The lowest BCUT2D eigenvalue weighted by molar-refractivity contribution is -0.941. The molecule has 1 saturated heterocycles. The van der Waals surface area contributed by atoms with Crippen molar-refractivity contribution in [3.05, 3.63) is 35.4 Å². The molecular weight excluding hydrogens is 292 g/mol. The van der Waals surface area contributed by atoms with Gasteiger partial charge in [-0.2, -0.15) is 0 Å². The third-order valence-electron chi connectivity index (χ3n) is 4.89. The van der Waals surface area contributed by atoms with Gasteiger partial charge in [0, 0.05) is 12.8 Å². The Balaban J connectivity index is 1.69. The van der Waals surface area contributed by atoms with Crippen LogP contribution in [0.3, 0.4) is 0 Å². The number of ether oxygens (including phenoxy) is 1. The first-order valence-electron chi connectivity index (χ1n) is 8.54. The molecule has 1 heterocycles. The lowest BCUT2D eigenvalue weighted by Gasteiger charge is -2.35. The Bertz CT molecular complexity index is 562. The molecule has 1 aliphatic heterocycles. The second kappa shape index (κ2) is 7.13. The summed E-state index contributed by atoms with van der Waals surface area (Å²) >= 11 is 0. The third-order valence-corrected chi connectivity index (χ3v) is 4.89. The molecule has 2 aliphatic rings. The highest BCUT2D eigenvalue weighted by molar-refractivity contribution is 5.85. The SMILES string of the molecule is CCCOC(=O)C[C@H]1C(=O)NCC[NH+]1C1Cc2ccccc2C1. The summed E-state index contributed by atoms with van der Waals surface area (Å²) in [6.07, 6.45) is 2.95. The predicted molar refractivity (Wildman–Crippen MR) is 86.1 cm³/mol. The normalized spacial score (nSPS) is 24.1. The predicted octanol–water partition coefficient (Wildman–Crippen LogP) is -0.120. The Kier molecular flexibility index (Phi) is 4.96. The Labute approximate surface area is 137 Å². The van der Waals surface area contributed by atoms with Crippen molar-refractivity contribution in [3.63, 3.8) is 0 Å². The van der Waals surface area contributed by atoms with Crippen LogP contribution < -0.4 is 10.2 Å². The van der Waals surface area contributed by atoms with Gasteiger partial charge in [-0.3, -0.25) is 9.59 Å². The molecule has 124 valence electrons. The van der Waals surface area contributed by atoms with Gasteiger partial charge in [0.05, 0.1) is 25.7 Å². The van der Waals surface area contributed by atoms with E-state index < -0.39 is 0 Å². The zero-order chi connectivity index (χ0) is 16.2. The fourth-order valence-corrected chi connectivity index (χ4v) is 3.77. The molecule has 0 spiro atoms. The van der Waals surface area contributed by atoms with E-state index in [4.69, 9.17) is 4.74 Å². The quantitative estimate of drug-likeness (QED) is 0.745. The highest BCUT2D eigenvalue weighted by Crippen LogP contribution is 2.20. The molecule has 1 amide bonds. The molecule has 1 fully saturated rings. The van der Waals surface area contributed by atoms with Gasteiger partial charge in [-0.25, -0.2) is 0 Å². The first-order valence-corrected chi connectivity index (χ1v) is 8.54. The second-order valence-electron chi connectivity index (χ2n) is 6.47. The average Bonchev–Trinajstić information content (AvgIpc) is 2.98. The molecule has 1 unspecified atom stereocenters. The number of amides is 1. The van der Waals surface area contributed by atoms with Crippen molar-refractivity contribution in [3.8, 4) is 0 Å². The molecular formula is C18H25N2O3+. The number of benzene rings is 1. The van der Waals surface area contributed by atoms with Gasteiger partial charge in [0.2, 0.25) is 0 Å². The van der Waals surface area contributed by atoms with Crippen LogP contribution in [0.15, 0.2) is 24.3 Å². The van der Waals surface area contributed by atoms with Gasteiger partial charge in [-0.1, -0.05) is 31.2 Å². The molecule has 0 saturated carbocycles. The van der Waals surface area contributed by atoms with E-state index in [9.17, 15) is 9.59 Å². The van der Waals surface area contributed by atoms with Crippen LogP contribution in [0.5, 0.6) is 0 Å². The van der Waals surface area contributed by atoms with Crippen LogP contribution in [-0.4, -0.2) is 43.7 Å². The molecule has 0 aromatic heterocycles. The van der Waals surface area contributed by atoms with Crippen molar-refractivity contribution in [2.24, 2.45) is 0 Å². The van der Waals surface area contributed by atoms with E-state index in [1.54, 1.807) is 0 Å². The van der Waals surface area contributed by atoms with Crippen LogP contribution in [0.25, 0.3) is 0 Å². The number of hydrogen-bond donors (Lipinski definition) is 2. The van der Waals surface area contributed by atoms with Crippen molar-refractivity contribution in [2.45, 2.75) is 44.7 Å². The maximum atomic E-state index is 12.3. The van der Waals surface area contributed by atoms with Crippen LogP contribution in [0, 0.1) is 0 Å². The van der Waals surface area contributed by atoms with Crippen LogP contribution >= 0.6 is 0 Å². The standard InChI is InChI=1S/C18H24N2O3/c1-2-9-23-17(21)12-16-18(22)19-7-8-20(16)15-10-13-5-3-4-6-14(13)11-15/h3-6,15-16H,2,7-12H2,1H3,(H,19,22)/p+1/t16-/m0/s1. The summed E-state index contributed by atoms with van der Waals surface area (Å²) in [6.45, 7) is 3.95. The zero-order valence-electron chi connectivity index (χ0n) is 13.6. The molecule has 23 heavy (non-hydrogen) atoms. The summed E-state index contributed by atoms with van der Waals surface area (Å²) in [6, 6.07) is 8.53. The van der Waals surface area contributed by atoms with Gasteiger partial charge in [0.15, 0.2) is 6.04 Å². The number of esters is 1. The molecule has 1 aromatic rings. The van der Waals surface area contributed by atoms with Crippen LogP contribution in [0.2, 0.25) is 0 Å². The molecule has 5 nitrogen and oxygen atoms in total. The van der Waals surface area contributed by atoms with Crippen LogP contribution in [-0.2, 0) is 27.2 Å². The Morgan fingerprint density at radius 1 is 1.30 bits per heavy atom. The number of piperazine rings is 1. The Morgan fingerprint density at radius 3 is 2.65 bits per heavy atom. The fourth-order valence-electron chi connectivity index (χ4n) is 3.77. The van der Waals surface area contributed by atoms with Gasteiger partial charge in [-0.05, 0) is 17.5 Å². The first kappa shape index (κ1) is 16.0. The summed E-state index contributed by atoms with van der Waals surface area (Å²) in [5.41, 5.74) is 2.76. The Morgan fingerprint density at radius 2 is 2.00 bits per heavy atom. The minimum atomic E-state index is -0.326. The number of quaternary nitrogens is 1. The van der Waals surface area contributed by atoms with Crippen LogP contribution in [0.4, 0.5) is 0 Å². The van der Waals surface area contributed by atoms with Gasteiger partial charge in [0.1, 0.15) is 6.42 Å². The van der Waals surface area contributed by atoms with E-state index in [0.29, 0.717) is 19.2 Å². The number of rotatable bonds is 5. The highest BCUT2D eigenvalue weighted by atomic mass is 16.5.